The molecule has 1 saturated heterocycles. The number of urea groups is 1. The molecule has 2 heterocycles. The van der Waals surface area contributed by atoms with Crippen molar-refractivity contribution in [1.29, 1.82) is 0 Å². The predicted octanol–water partition coefficient (Wildman–Crippen LogP) is 1.36. The lowest BCUT2D eigenvalue weighted by molar-refractivity contribution is 0.1000. The van der Waals surface area contributed by atoms with E-state index in [0.29, 0.717) is 48.9 Å². The van der Waals surface area contributed by atoms with E-state index in [0.717, 1.165) is 0 Å². The number of hydrogen-bond acceptors (Lipinski definition) is 5. The molecule has 0 unspecified atom stereocenters. The monoisotopic (exact) mass is 387 g/mol. The Balaban J connectivity index is 1.57. The third-order valence-corrected chi connectivity index (χ3v) is 4.60. The molecule has 28 heavy (non-hydrogen) atoms. The van der Waals surface area contributed by atoms with Gasteiger partial charge in [0, 0.05) is 44.5 Å². The van der Waals surface area contributed by atoms with E-state index in [-0.39, 0.29) is 12.6 Å². The first-order chi connectivity index (χ1) is 13.5. The highest BCUT2D eigenvalue weighted by atomic mass is 19.1. The summed E-state index contributed by atoms with van der Waals surface area (Å²) in [4.78, 5) is 31.8. The lowest BCUT2D eigenvalue weighted by Crippen LogP contribution is -2.52. The number of ether oxygens (including phenoxy) is 1. The molecule has 1 aliphatic rings. The number of rotatable bonds is 5. The number of benzene rings is 1. The second kappa shape index (κ2) is 8.55. The van der Waals surface area contributed by atoms with Gasteiger partial charge in [0.2, 0.25) is 0 Å². The Bertz CT molecular complexity index is 868. The molecule has 1 aromatic carbocycles. The molecule has 0 saturated carbocycles. The minimum Gasteiger partial charge on any atom is -0.497 e. The Morgan fingerprint density at radius 2 is 2.00 bits per heavy atom. The van der Waals surface area contributed by atoms with Crippen molar-refractivity contribution in [3.8, 4) is 5.75 Å². The Morgan fingerprint density at radius 3 is 2.68 bits per heavy atom. The van der Waals surface area contributed by atoms with Crippen LogP contribution in [0.25, 0.3) is 0 Å². The van der Waals surface area contributed by atoms with E-state index in [1.54, 1.807) is 29.3 Å². The quantitative estimate of drug-likeness (QED) is 0.807. The summed E-state index contributed by atoms with van der Waals surface area (Å²) in [6.45, 7) is 1.98. The van der Waals surface area contributed by atoms with Crippen LogP contribution in [0.3, 0.4) is 0 Å². The zero-order valence-electron chi connectivity index (χ0n) is 15.5. The third-order valence-electron chi connectivity index (χ3n) is 4.60. The molecule has 8 nitrogen and oxygen atoms in total. The molecular weight excluding hydrogens is 365 g/mol. The number of carbonyl (C=O) groups excluding carboxylic acids is 2. The Morgan fingerprint density at radius 1 is 1.25 bits per heavy atom. The first-order valence-corrected chi connectivity index (χ1v) is 8.84. The highest BCUT2D eigenvalue weighted by Crippen LogP contribution is 2.19. The van der Waals surface area contributed by atoms with E-state index in [9.17, 15) is 14.0 Å². The van der Waals surface area contributed by atoms with Crippen molar-refractivity contribution in [3.63, 3.8) is 0 Å². The van der Waals surface area contributed by atoms with E-state index in [4.69, 9.17) is 10.5 Å². The Kier molecular flexibility index (Phi) is 5.93. The summed E-state index contributed by atoms with van der Waals surface area (Å²) in [5.41, 5.74) is 6.11. The molecule has 9 heteroatoms. The van der Waals surface area contributed by atoms with Gasteiger partial charge in [-0.1, -0.05) is 0 Å². The van der Waals surface area contributed by atoms with Gasteiger partial charge in [-0.25, -0.2) is 14.2 Å². The molecule has 0 atom stereocenters. The summed E-state index contributed by atoms with van der Waals surface area (Å²) in [7, 11) is 1.50. The minimum atomic E-state index is -0.538. The van der Waals surface area contributed by atoms with Crippen LogP contribution >= 0.6 is 0 Å². The molecule has 3 N–H and O–H groups in total. The van der Waals surface area contributed by atoms with Gasteiger partial charge in [-0.3, -0.25) is 4.79 Å². The smallest absolute Gasteiger partial charge is 0.317 e. The van der Waals surface area contributed by atoms with Gasteiger partial charge in [0.1, 0.15) is 17.4 Å². The fourth-order valence-corrected chi connectivity index (χ4v) is 3.06. The largest absolute Gasteiger partial charge is 0.497 e. The summed E-state index contributed by atoms with van der Waals surface area (Å²) in [6, 6.07) is 7.40. The topological polar surface area (TPSA) is 101 Å². The van der Waals surface area contributed by atoms with Crippen LogP contribution in [-0.4, -0.2) is 55.1 Å². The highest BCUT2D eigenvalue weighted by molar-refractivity contribution is 5.97. The number of carbonyl (C=O) groups is 2. The number of piperazine rings is 1. The maximum absolute atomic E-state index is 13.9. The molecule has 3 amide bonds. The molecule has 0 aliphatic carbocycles. The number of aromatic nitrogens is 1. The number of hydrogen-bond donors (Lipinski definition) is 2. The zero-order chi connectivity index (χ0) is 20.1. The molecule has 2 aromatic rings. The van der Waals surface area contributed by atoms with E-state index < -0.39 is 11.7 Å². The van der Waals surface area contributed by atoms with Crippen molar-refractivity contribution in [2.45, 2.75) is 6.54 Å². The fourth-order valence-electron chi connectivity index (χ4n) is 3.06. The van der Waals surface area contributed by atoms with Crippen LogP contribution in [0.1, 0.15) is 15.9 Å². The van der Waals surface area contributed by atoms with Gasteiger partial charge in [0.25, 0.3) is 5.91 Å². The van der Waals surface area contributed by atoms with Crippen molar-refractivity contribution in [2.75, 3.05) is 38.2 Å². The first kappa shape index (κ1) is 19.4. The number of nitrogens with zero attached hydrogens (tertiary/aromatic N) is 3. The first-order valence-electron chi connectivity index (χ1n) is 8.84. The molecule has 0 bridgehead atoms. The SMILES string of the molecule is COc1ccc(F)c(CNC(=O)N2CCN(c3ncccc3C(N)=O)CC2)c1. The zero-order valence-corrected chi connectivity index (χ0v) is 15.5. The number of pyridine rings is 1. The van der Waals surface area contributed by atoms with E-state index in [1.807, 2.05) is 4.90 Å². The number of nitrogens with two attached hydrogens (primary N) is 1. The van der Waals surface area contributed by atoms with Crippen molar-refractivity contribution in [1.82, 2.24) is 15.2 Å². The average Bonchev–Trinajstić information content (AvgIpc) is 2.73. The standard InChI is InChI=1S/C19H22FN5O3/c1-28-14-4-5-16(20)13(11-14)12-23-19(27)25-9-7-24(8-10-25)18-15(17(21)26)3-2-6-22-18/h2-6,11H,7-10,12H2,1H3,(H2,21,26)(H,23,27). The van der Waals surface area contributed by atoms with Crippen molar-refractivity contribution in [3.05, 3.63) is 53.5 Å². The number of amides is 3. The van der Waals surface area contributed by atoms with Gasteiger partial charge >= 0.3 is 6.03 Å². The molecule has 1 aromatic heterocycles. The lowest BCUT2D eigenvalue weighted by Gasteiger charge is -2.35. The summed E-state index contributed by atoms with van der Waals surface area (Å²) in [5, 5.41) is 2.73. The maximum Gasteiger partial charge on any atom is 0.317 e. The molecule has 1 aliphatic heterocycles. The van der Waals surface area contributed by atoms with E-state index >= 15 is 0 Å². The number of nitrogens with one attached hydrogen (secondary N) is 1. The maximum atomic E-state index is 13.9. The highest BCUT2D eigenvalue weighted by Gasteiger charge is 2.24. The van der Waals surface area contributed by atoms with Gasteiger partial charge in [-0.05, 0) is 30.3 Å². The number of anilines is 1. The molecule has 0 spiro atoms. The number of methoxy groups -OCH3 is 1. The predicted molar refractivity (Wildman–Crippen MR) is 102 cm³/mol. The van der Waals surface area contributed by atoms with E-state index in [1.165, 1.54) is 19.2 Å². The van der Waals surface area contributed by atoms with Crippen molar-refractivity contribution >= 4 is 17.8 Å². The number of primary amides is 1. The van der Waals surface area contributed by atoms with Crippen LogP contribution in [0.5, 0.6) is 5.75 Å². The summed E-state index contributed by atoms with van der Waals surface area (Å²) >= 11 is 0. The average molecular weight is 387 g/mol. The molecule has 0 radical (unpaired) electrons. The van der Waals surface area contributed by atoms with Crippen LogP contribution < -0.4 is 20.7 Å². The van der Waals surface area contributed by atoms with Gasteiger partial charge in [0.15, 0.2) is 0 Å². The second-order valence-corrected chi connectivity index (χ2v) is 6.33. The molecule has 1 fully saturated rings. The van der Waals surface area contributed by atoms with Crippen LogP contribution in [-0.2, 0) is 6.54 Å². The van der Waals surface area contributed by atoms with Gasteiger partial charge in [-0.15, -0.1) is 0 Å². The third kappa shape index (κ3) is 4.30. The fraction of sp³-hybridized carbons (Fsp3) is 0.316. The summed E-state index contributed by atoms with van der Waals surface area (Å²) < 4.78 is 18.9. The minimum absolute atomic E-state index is 0.0636. The van der Waals surface area contributed by atoms with E-state index in [2.05, 4.69) is 10.3 Å². The van der Waals surface area contributed by atoms with Crippen LogP contribution in [0.15, 0.2) is 36.5 Å². The molecule has 3 rings (SSSR count). The van der Waals surface area contributed by atoms with Crippen LogP contribution in [0.4, 0.5) is 15.0 Å². The van der Waals surface area contributed by atoms with Gasteiger partial charge in [-0.2, -0.15) is 0 Å². The van der Waals surface area contributed by atoms with Gasteiger partial charge < -0.3 is 25.6 Å². The summed E-state index contributed by atoms with van der Waals surface area (Å²) in [6.07, 6.45) is 1.60. The second-order valence-electron chi connectivity index (χ2n) is 6.33. The Labute approximate surface area is 162 Å². The van der Waals surface area contributed by atoms with Crippen LogP contribution in [0.2, 0.25) is 0 Å². The van der Waals surface area contributed by atoms with Crippen molar-refractivity contribution in [2.24, 2.45) is 5.73 Å². The summed E-state index contributed by atoms with van der Waals surface area (Å²) in [5.74, 6) is 0.108. The normalized spacial score (nSPS) is 13.9. The Hall–Kier alpha value is -3.36. The van der Waals surface area contributed by atoms with Crippen molar-refractivity contribution < 1.29 is 18.7 Å². The van der Waals surface area contributed by atoms with Crippen LogP contribution in [0, 0.1) is 5.82 Å². The molecular formula is C19H22FN5O3. The van der Waals surface area contributed by atoms with Gasteiger partial charge in [0.05, 0.1) is 12.7 Å². The number of halogens is 1. The molecule has 148 valence electrons. The lowest BCUT2D eigenvalue weighted by atomic mass is 10.2.